The maximum absolute atomic E-state index is 12.8. The van der Waals surface area contributed by atoms with Crippen molar-refractivity contribution in [1.29, 1.82) is 0 Å². The first-order valence-corrected chi connectivity index (χ1v) is 12.4. The van der Waals surface area contributed by atoms with Gasteiger partial charge in [-0.1, -0.05) is 42.2 Å². The molecule has 168 valence electrons. The summed E-state index contributed by atoms with van der Waals surface area (Å²) >= 11 is 7.60. The number of nitrogens with one attached hydrogen (secondary N) is 2. The smallest absolute Gasteiger partial charge is 0.231 e. The number of aromatic nitrogens is 3. The van der Waals surface area contributed by atoms with Gasteiger partial charge in [-0.15, -0.1) is 10.2 Å². The van der Waals surface area contributed by atoms with Crippen molar-refractivity contribution in [2.24, 2.45) is 5.92 Å². The second-order valence-electron chi connectivity index (χ2n) is 8.76. The van der Waals surface area contributed by atoms with Crippen LogP contribution in [0.2, 0.25) is 5.02 Å². The molecule has 1 saturated heterocycles. The third-order valence-corrected chi connectivity index (χ3v) is 7.83. The highest BCUT2D eigenvalue weighted by Crippen LogP contribution is 2.35. The Hall–Kier alpha value is -2.45. The van der Waals surface area contributed by atoms with Crippen LogP contribution in [0.15, 0.2) is 24.4 Å². The molecule has 3 heterocycles. The van der Waals surface area contributed by atoms with Gasteiger partial charge in [-0.05, 0) is 43.0 Å². The Kier molecular flexibility index (Phi) is 6.15. The molecule has 2 fully saturated rings. The summed E-state index contributed by atoms with van der Waals surface area (Å²) < 4.78 is 0. The predicted octanol–water partition coefficient (Wildman–Crippen LogP) is 4.75. The van der Waals surface area contributed by atoms with Crippen LogP contribution in [0.25, 0.3) is 10.9 Å². The summed E-state index contributed by atoms with van der Waals surface area (Å²) in [5.41, 5.74) is 2.14. The number of fused-ring (bicyclic) bond motifs is 1. The standard InChI is InChI=1S/C23H26ClN5O2S/c24-17-6-7-19-18(11-17)15(12-25-19)8-9-29-13-16(10-20(29)30)21(31)26-23-28-27-22(32-23)14-4-2-1-3-5-14/h6-7,11-12,14,16,25H,1-5,8-10,13H2,(H,26,28,31)/t16-/m0/s1. The molecule has 1 aliphatic carbocycles. The summed E-state index contributed by atoms with van der Waals surface area (Å²) in [6.45, 7) is 1.01. The van der Waals surface area contributed by atoms with Gasteiger partial charge in [0.2, 0.25) is 16.9 Å². The quantitative estimate of drug-likeness (QED) is 0.542. The number of carbonyl (C=O) groups excluding carboxylic acids is 2. The molecule has 1 saturated carbocycles. The van der Waals surface area contributed by atoms with Gasteiger partial charge in [-0.3, -0.25) is 9.59 Å². The van der Waals surface area contributed by atoms with Crippen LogP contribution >= 0.6 is 22.9 Å². The minimum absolute atomic E-state index is 0.0168. The molecular weight excluding hydrogens is 446 g/mol. The lowest BCUT2D eigenvalue weighted by molar-refractivity contribution is -0.128. The van der Waals surface area contributed by atoms with Crippen molar-refractivity contribution in [2.45, 2.75) is 50.9 Å². The van der Waals surface area contributed by atoms with Crippen molar-refractivity contribution in [3.05, 3.63) is 40.0 Å². The van der Waals surface area contributed by atoms with Crippen LogP contribution in [0.1, 0.15) is 55.0 Å². The molecule has 2 N–H and O–H groups in total. The number of amides is 2. The van der Waals surface area contributed by atoms with Gasteiger partial charge in [0, 0.05) is 47.6 Å². The van der Waals surface area contributed by atoms with Crippen LogP contribution < -0.4 is 5.32 Å². The van der Waals surface area contributed by atoms with E-state index >= 15 is 0 Å². The van der Waals surface area contributed by atoms with Crippen molar-refractivity contribution in [2.75, 3.05) is 18.4 Å². The van der Waals surface area contributed by atoms with E-state index in [0.29, 0.717) is 35.6 Å². The van der Waals surface area contributed by atoms with Crippen LogP contribution in [0.4, 0.5) is 5.13 Å². The molecule has 1 atom stereocenters. The molecule has 7 nitrogen and oxygen atoms in total. The third-order valence-electron chi connectivity index (χ3n) is 6.59. The Morgan fingerprint density at radius 3 is 2.94 bits per heavy atom. The largest absolute Gasteiger partial charge is 0.361 e. The molecule has 0 bridgehead atoms. The molecule has 0 unspecified atom stereocenters. The zero-order valence-corrected chi connectivity index (χ0v) is 19.3. The minimum Gasteiger partial charge on any atom is -0.361 e. The van der Waals surface area contributed by atoms with Gasteiger partial charge in [-0.2, -0.15) is 0 Å². The van der Waals surface area contributed by atoms with Crippen LogP contribution in [-0.2, 0) is 16.0 Å². The Bertz CT molecular complexity index is 1140. The molecule has 0 radical (unpaired) electrons. The lowest BCUT2D eigenvalue weighted by Crippen LogP contribution is -2.30. The average Bonchev–Trinajstić information content (AvgIpc) is 3.52. The molecule has 0 spiro atoms. The Morgan fingerprint density at radius 2 is 2.09 bits per heavy atom. The summed E-state index contributed by atoms with van der Waals surface area (Å²) in [5, 5.41) is 14.7. The van der Waals surface area contributed by atoms with Gasteiger partial charge >= 0.3 is 0 Å². The Balaban J connectivity index is 1.17. The van der Waals surface area contributed by atoms with Crippen molar-refractivity contribution >= 4 is 50.8 Å². The molecule has 5 rings (SSSR count). The highest BCUT2D eigenvalue weighted by atomic mass is 35.5. The zero-order valence-electron chi connectivity index (χ0n) is 17.8. The molecule has 3 aromatic rings. The number of nitrogens with zero attached hydrogens (tertiary/aromatic N) is 3. The van der Waals surface area contributed by atoms with Gasteiger partial charge in [0.05, 0.1) is 5.92 Å². The number of carbonyl (C=O) groups is 2. The molecule has 2 aliphatic rings. The number of hydrogen-bond acceptors (Lipinski definition) is 5. The van der Waals surface area contributed by atoms with Gasteiger partial charge in [0.25, 0.3) is 0 Å². The van der Waals surface area contributed by atoms with Crippen molar-refractivity contribution in [3.63, 3.8) is 0 Å². The number of anilines is 1. The number of rotatable bonds is 6. The van der Waals surface area contributed by atoms with E-state index < -0.39 is 0 Å². The molecule has 1 aliphatic heterocycles. The first kappa shape index (κ1) is 21.4. The number of likely N-dealkylation sites (tertiary alicyclic amines) is 1. The molecular formula is C23H26ClN5O2S. The lowest BCUT2D eigenvalue weighted by atomic mass is 9.90. The second kappa shape index (κ2) is 9.19. The molecule has 9 heteroatoms. The Labute approximate surface area is 195 Å². The molecule has 32 heavy (non-hydrogen) atoms. The van der Waals surface area contributed by atoms with E-state index in [1.165, 1.54) is 30.6 Å². The molecule has 2 amide bonds. The van der Waals surface area contributed by atoms with E-state index in [-0.39, 0.29) is 24.2 Å². The number of benzene rings is 1. The second-order valence-corrected chi connectivity index (χ2v) is 10.2. The molecule has 1 aromatic carbocycles. The van der Waals surface area contributed by atoms with Gasteiger partial charge in [0.15, 0.2) is 0 Å². The van der Waals surface area contributed by atoms with Crippen LogP contribution in [0.5, 0.6) is 0 Å². The lowest BCUT2D eigenvalue weighted by Gasteiger charge is -2.18. The number of hydrogen-bond donors (Lipinski definition) is 2. The van der Waals surface area contributed by atoms with E-state index in [2.05, 4.69) is 20.5 Å². The van der Waals surface area contributed by atoms with E-state index in [0.717, 1.165) is 34.3 Å². The van der Waals surface area contributed by atoms with Crippen molar-refractivity contribution < 1.29 is 9.59 Å². The fourth-order valence-electron chi connectivity index (χ4n) is 4.78. The van der Waals surface area contributed by atoms with Crippen molar-refractivity contribution in [1.82, 2.24) is 20.1 Å². The summed E-state index contributed by atoms with van der Waals surface area (Å²) in [6.07, 6.45) is 8.97. The summed E-state index contributed by atoms with van der Waals surface area (Å²) in [7, 11) is 0. The van der Waals surface area contributed by atoms with E-state index in [4.69, 9.17) is 11.6 Å². The normalized spacial score (nSPS) is 19.7. The molecule has 2 aromatic heterocycles. The van der Waals surface area contributed by atoms with Crippen LogP contribution in [0.3, 0.4) is 0 Å². The number of aromatic amines is 1. The fourth-order valence-corrected chi connectivity index (χ4v) is 5.87. The SMILES string of the molecule is O=C(Nc1nnc(C2CCCCC2)s1)[C@H]1CC(=O)N(CCc2c[nH]c3ccc(Cl)cc23)C1. The first-order valence-electron chi connectivity index (χ1n) is 11.2. The minimum atomic E-state index is -0.359. The topological polar surface area (TPSA) is 91.0 Å². The maximum Gasteiger partial charge on any atom is 0.231 e. The average molecular weight is 472 g/mol. The predicted molar refractivity (Wildman–Crippen MR) is 126 cm³/mol. The van der Waals surface area contributed by atoms with Crippen LogP contribution in [-0.4, -0.2) is 45.0 Å². The van der Waals surface area contributed by atoms with Gasteiger partial charge < -0.3 is 15.2 Å². The maximum atomic E-state index is 12.8. The summed E-state index contributed by atoms with van der Waals surface area (Å²) in [5.74, 6) is -0.0222. The van der Waals surface area contributed by atoms with E-state index in [9.17, 15) is 9.59 Å². The van der Waals surface area contributed by atoms with Crippen molar-refractivity contribution in [3.8, 4) is 0 Å². The van der Waals surface area contributed by atoms with E-state index in [1.807, 2.05) is 24.4 Å². The number of halogens is 1. The zero-order chi connectivity index (χ0) is 22.1. The monoisotopic (exact) mass is 471 g/mol. The summed E-state index contributed by atoms with van der Waals surface area (Å²) in [6, 6.07) is 5.75. The van der Waals surface area contributed by atoms with Gasteiger partial charge in [-0.25, -0.2) is 0 Å². The van der Waals surface area contributed by atoms with Crippen LogP contribution in [0, 0.1) is 5.92 Å². The van der Waals surface area contributed by atoms with E-state index in [1.54, 1.807) is 4.90 Å². The first-order chi connectivity index (χ1) is 15.6. The fraction of sp³-hybridized carbons (Fsp3) is 0.478. The number of H-pyrrole nitrogens is 1. The highest BCUT2D eigenvalue weighted by Gasteiger charge is 2.34. The third kappa shape index (κ3) is 4.52. The van der Waals surface area contributed by atoms with Gasteiger partial charge in [0.1, 0.15) is 5.01 Å². The Morgan fingerprint density at radius 1 is 1.25 bits per heavy atom. The highest BCUT2D eigenvalue weighted by molar-refractivity contribution is 7.15. The summed E-state index contributed by atoms with van der Waals surface area (Å²) in [4.78, 5) is 30.3.